The van der Waals surface area contributed by atoms with E-state index in [2.05, 4.69) is 10.3 Å². The fraction of sp³-hybridized carbons (Fsp3) is 0.421. The molecule has 0 aliphatic heterocycles. The number of carboxylic acids is 1. The van der Waals surface area contributed by atoms with Crippen molar-refractivity contribution in [2.24, 2.45) is 5.92 Å². The van der Waals surface area contributed by atoms with Crippen LogP contribution in [0.25, 0.3) is 11.3 Å². The molecule has 1 aliphatic rings. The normalized spacial score (nSPS) is 19.7. The van der Waals surface area contributed by atoms with E-state index in [1.54, 1.807) is 6.20 Å². The van der Waals surface area contributed by atoms with Gasteiger partial charge in [-0.05, 0) is 19.3 Å². The largest absolute Gasteiger partial charge is 0.481 e. The molecule has 6 nitrogen and oxygen atoms in total. The molecule has 1 aromatic heterocycles. The lowest BCUT2D eigenvalue weighted by atomic mass is 10.0. The van der Waals surface area contributed by atoms with Crippen LogP contribution in [0.5, 0.6) is 0 Å². The summed E-state index contributed by atoms with van der Waals surface area (Å²) in [5, 5.41) is 12.0. The lowest BCUT2D eigenvalue weighted by Gasteiger charge is -2.17. The minimum Gasteiger partial charge on any atom is -0.481 e. The zero-order chi connectivity index (χ0) is 17.6. The average Bonchev–Trinajstić information content (AvgIpc) is 3.25. The van der Waals surface area contributed by atoms with Gasteiger partial charge in [-0.25, -0.2) is 4.98 Å². The highest BCUT2D eigenvalue weighted by Gasteiger charge is 2.33. The molecule has 0 saturated heterocycles. The number of nitrogens with one attached hydrogen (secondary N) is 1. The first-order valence-electron chi connectivity index (χ1n) is 8.66. The van der Waals surface area contributed by atoms with Crippen LogP contribution in [0.1, 0.15) is 38.0 Å². The van der Waals surface area contributed by atoms with E-state index in [9.17, 15) is 9.59 Å². The Morgan fingerprint density at radius 1 is 1.24 bits per heavy atom. The molecule has 1 aliphatic carbocycles. The van der Waals surface area contributed by atoms with Crippen molar-refractivity contribution in [2.75, 3.05) is 0 Å². The molecule has 0 bridgehead atoms. The maximum atomic E-state index is 12.0. The molecule has 2 atom stereocenters. The number of amides is 1. The first kappa shape index (κ1) is 17.2. The number of aliphatic carboxylic acids is 1. The number of nitrogens with zero attached hydrogens (tertiary/aromatic N) is 1. The van der Waals surface area contributed by atoms with Gasteiger partial charge in [-0.15, -0.1) is 0 Å². The van der Waals surface area contributed by atoms with Crippen LogP contribution in [0.3, 0.4) is 0 Å². The summed E-state index contributed by atoms with van der Waals surface area (Å²) in [4.78, 5) is 27.4. The molecule has 25 heavy (non-hydrogen) atoms. The van der Waals surface area contributed by atoms with Crippen molar-refractivity contribution in [1.29, 1.82) is 0 Å². The predicted molar refractivity (Wildman–Crippen MR) is 91.8 cm³/mol. The third kappa shape index (κ3) is 4.47. The van der Waals surface area contributed by atoms with Crippen molar-refractivity contribution in [2.45, 2.75) is 44.6 Å². The zero-order valence-corrected chi connectivity index (χ0v) is 14.0. The molecule has 0 radical (unpaired) electrons. The number of aryl methyl sites for hydroxylation is 1. The van der Waals surface area contributed by atoms with Crippen LogP contribution >= 0.6 is 0 Å². The van der Waals surface area contributed by atoms with E-state index < -0.39 is 11.9 Å². The Bertz CT molecular complexity index is 726. The van der Waals surface area contributed by atoms with Gasteiger partial charge >= 0.3 is 5.97 Å². The summed E-state index contributed by atoms with van der Waals surface area (Å²) in [5.41, 5.74) is 0.972. The van der Waals surface area contributed by atoms with Crippen LogP contribution in [0, 0.1) is 5.92 Å². The average molecular weight is 342 g/mol. The monoisotopic (exact) mass is 342 g/mol. The van der Waals surface area contributed by atoms with Gasteiger partial charge in [0.15, 0.2) is 11.7 Å². The summed E-state index contributed by atoms with van der Waals surface area (Å²) in [5.74, 6) is -0.0561. The van der Waals surface area contributed by atoms with Crippen molar-refractivity contribution in [3.8, 4) is 11.3 Å². The van der Waals surface area contributed by atoms with Crippen molar-refractivity contribution in [3.05, 3.63) is 42.4 Å². The van der Waals surface area contributed by atoms with Crippen molar-refractivity contribution >= 4 is 11.9 Å². The van der Waals surface area contributed by atoms with Gasteiger partial charge in [0.05, 0.1) is 12.1 Å². The molecule has 0 spiro atoms. The summed E-state index contributed by atoms with van der Waals surface area (Å²) in [6, 6.07) is 9.50. The van der Waals surface area contributed by atoms with Crippen LogP contribution in [-0.4, -0.2) is 28.0 Å². The highest BCUT2D eigenvalue weighted by Crippen LogP contribution is 2.26. The third-order valence-corrected chi connectivity index (χ3v) is 4.59. The van der Waals surface area contributed by atoms with Crippen molar-refractivity contribution in [3.63, 3.8) is 0 Å². The summed E-state index contributed by atoms with van der Waals surface area (Å²) < 4.78 is 5.71. The Hall–Kier alpha value is -2.63. The van der Waals surface area contributed by atoms with Crippen LogP contribution in [0.15, 0.2) is 40.9 Å². The molecule has 1 saturated carbocycles. The van der Waals surface area contributed by atoms with E-state index in [0.29, 0.717) is 31.6 Å². The molecule has 1 fully saturated rings. The minimum absolute atomic E-state index is 0.104. The van der Waals surface area contributed by atoms with E-state index in [4.69, 9.17) is 9.52 Å². The van der Waals surface area contributed by atoms with Gasteiger partial charge in [0.25, 0.3) is 0 Å². The Morgan fingerprint density at radius 3 is 2.80 bits per heavy atom. The third-order valence-electron chi connectivity index (χ3n) is 4.59. The predicted octanol–water partition coefficient (Wildman–Crippen LogP) is 3.03. The molecule has 0 unspecified atom stereocenters. The van der Waals surface area contributed by atoms with Gasteiger partial charge in [-0.1, -0.05) is 36.8 Å². The maximum Gasteiger partial charge on any atom is 0.308 e. The van der Waals surface area contributed by atoms with Crippen LogP contribution in [0.4, 0.5) is 0 Å². The highest BCUT2D eigenvalue weighted by molar-refractivity contribution is 5.78. The molecule has 2 aromatic rings. The molecule has 6 heteroatoms. The summed E-state index contributed by atoms with van der Waals surface area (Å²) in [7, 11) is 0. The molecule has 132 valence electrons. The van der Waals surface area contributed by atoms with Gasteiger partial charge < -0.3 is 14.8 Å². The zero-order valence-electron chi connectivity index (χ0n) is 14.0. The van der Waals surface area contributed by atoms with Crippen LogP contribution in [0.2, 0.25) is 0 Å². The standard InChI is InChI=1S/C19H22N2O4/c22-17(21-15-9-4-8-14(15)19(23)24)10-5-11-18-20-12-16(25-18)13-6-2-1-3-7-13/h1-3,6-7,12,14-15H,4-5,8-11H2,(H,21,22)(H,23,24)/t14-,15+/m1/s1. The van der Waals surface area contributed by atoms with Gasteiger partial charge in [-0.2, -0.15) is 0 Å². The van der Waals surface area contributed by atoms with Gasteiger partial charge in [-0.3, -0.25) is 9.59 Å². The number of carboxylic acid groups (broad SMARTS) is 1. The number of carbonyl (C=O) groups excluding carboxylic acids is 1. The van der Waals surface area contributed by atoms with E-state index in [1.807, 2.05) is 30.3 Å². The van der Waals surface area contributed by atoms with Gasteiger partial charge in [0.2, 0.25) is 5.91 Å². The first-order chi connectivity index (χ1) is 12.1. The van der Waals surface area contributed by atoms with Gasteiger partial charge in [0.1, 0.15) is 0 Å². The summed E-state index contributed by atoms with van der Waals surface area (Å²) in [6.07, 6.45) is 5.45. The highest BCUT2D eigenvalue weighted by atomic mass is 16.4. The Morgan fingerprint density at radius 2 is 2.04 bits per heavy atom. The Balaban J connectivity index is 1.44. The second-order valence-electron chi connectivity index (χ2n) is 6.39. The number of carbonyl (C=O) groups is 2. The summed E-state index contributed by atoms with van der Waals surface area (Å²) in [6.45, 7) is 0. The molecule has 1 amide bonds. The quantitative estimate of drug-likeness (QED) is 0.807. The number of hydrogen-bond donors (Lipinski definition) is 2. The molecule has 1 aromatic carbocycles. The van der Waals surface area contributed by atoms with Crippen LogP contribution in [-0.2, 0) is 16.0 Å². The smallest absolute Gasteiger partial charge is 0.308 e. The van der Waals surface area contributed by atoms with Crippen LogP contribution < -0.4 is 5.32 Å². The number of benzene rings is 1. The number of hydrogen-bond acceptors (Lipinski definition) is 4. The number of oxazole rings is 1. The van der Waals surface area contributed by atoms with E-state index in [0.717, 1.165) is 24.2 Å². The maximum absolute atomic E-state index is 12.0. The summed E-state index contributed by atoms with van der Waals surface area (Å²) >= 11 is 0. The Labute approximate surface area is 146 Å². The number of rotatable bonds is 7. The van der Waals surface area contributed by atoms with E-state index >= 15 is 0 Å². The molecular formula is C19H22N2O4. The molecule has 3 rings (SSSR count). The lowest BCUT2D eigenvalue weighted by molar-refractivity contribution is -0.142. The topological polar surface area (TPSA) is 92.4 Å². The molecule has 2 N–H and O–H groups in total. The molecular weight excluding hydrogens is 320 g/mol. The second-order valence-corrected chi connectivity index (χ2v) is 6.39. The first-order valence-corrected chi connectivity index (χ1v) is 8.66. The van der Waals surface area contributed by atoms with Gasteiger partial charge in [0, 0.05) is 24.4 Å². The van der Waals surface area contributed by atoms with Crippen molar-refractivity contribution < 1.29 is 19.1 Å². The fourth-order valence-corrected chi connectivity index (χ4v) is 3.27. The minimum atomic E-state index is -0.823. The van der Waals surface area contributed by atoms with Crippen molar-refractivity contribution in [1.82, 2.24) is 10.3 Å². The number of aromatic nitrogens is 1. The second kappa shape index (κ2) is 7.96. The fourth-order valence-electron chi connectivity index (χ4n) is 3.27. The van der Waals surface area contributed by atoms with E-state index in [1.165, 1.54) is 0 Å². The Kier molecular flexibility index (Phi) is 5.48. The lowest BCUT2D eigenvalue weighted by Crippen LogP contribution is -2.40. The molecule has 1 heterocycles. The van der Waals surface area contributed by atoms with E-state index in [-0.39, 0.29) is 11.9 Å². The SMILES string of the molecule is O=C(CCCc1ncc(-c2ccccc2)o1)N[C@H]1CCC[C@H]1C(=O)O.